The Morgan fingerprint density at radius 2 is 1.96 bits per heavy atom. The fourth-order valence-corrected chi connectivity index (χ4v) is 5.22. The molecule has 0 spiro atoms. The van der Waals surface area contributed by atoms with Gasteiger partial charge in [0.05, 0.1) is 16.1 Å². The molecule has 4 rings (SSSR count). The first-order chi connectivity index (χ1) is 12.6. The van der Waals surface area contributed by atoms with Crippen LogP contribution >= 0.6 is 34.5 Å². The maximum Gasteiger partial charge on any atom is 0.320 e. The third-order valence-electron chi connectivity index (χ3n) is 4.99. The summed E-state index contributed by atoms with van der Waals surface area (Å²) in [7, 11) is 0. The second-order valence-corrected chi connectivity index (χ2v) is 8.16. The van der Waals surface area contributed by atoms with E-state index in [2.05, 4.69) is 17.5 Å². The molecule has 3 nitrogen and oxygen atoms in total. The van der Waals surface area contributed by atoms with E-state index in [4.69, 9.17) is 23.2 Å². The molecule has 2 atom stereocenters. The molecule has 2 heterocycles. The van der Waals surface area contributed by atoms with Crippen LogP contribution in [0.4, 0.5) is 0 Å². The number of likely N-dealkylation sites (tertiary alicyclic amines) is 1. The summed E-state index contributed by atoms with van der Waals surface area (Å²) >= 11 is 14.5. The molecular weight excluding hydrogens is 389 g/mol. The van der Waals surface area contributed by atoms with Crippen LogP contribution in [0.2, 0.25) is 10.0 Å². The molecule has 1 aliphatic heterocycles. The van der Waals surface area contributed by atoms with Crippen molar-refractivity contribution in [1.82, 2.24) is 4.90 Å². The van der Waals surface area contributed by atoms with Crippen LogP contribution in [0.25, 0.3) is 10.1 Å². The highest BCUT2D eigenvalue weighted by atomic mass is 35.5. The van der Waals surface area contributed by atoms with Crippen molar-refractivity contribution >= 4 is 50.6 Å². The Morgan fingerprint density at radius 3 is 2.77 bits per heavy atom. The molecule has 1 saturated heterocycles. The predicted molar refractivity (Wildman–Crippen MR) is 107 cm³/mol. The van der Waals surface area contributed by atoms with Gasteiger partial charge in [-0.25, -0.2) is 0 Å². The molecule has 2 aromatic carbocycles. The molecule has 0 bridgehead atoms. The lowest BCUT2D eigenvalue weighted by molar-refractivity contribution is -0.142. The Kier molecular flexibility index (Phi) is 4.93. The lowest BCUT2D eigenvalue weighted by Gasteiger charge is -2.32. The number of carbonyl (C=O) groups is 1. The van der Waals surface area contributed by atoms with Gasteiger partial charge in [-0.05, 0) is 46.9 Å². The summed E-state index contributed by atoms with van der Waals surface area (Å²) < 4.78 is 1.18. The maximum atomic E-state index is 11.8. The minimum Gasteiger partial charge on any atom is -0.480 e. The number of halogens is 2. The molecule has 0 amide bonds. The average molecular weight is 406 g/mol. The molecular formula is C20H17Cl2NO2S. The molecule has 1 aromatic heterocycles. The van der Waals surface area contributed by atoms with Gasteiger partial charge in [0, 0.05) is 11.2 Å². The molecule has 2 unspecified atom stereocenters. The van der Waals surface area contributed by atoms with Gasteiger partial charge < -0.3 is 5.11 Å². The number of hydrogen-bond acceptors (Lipinski definition) is 3. The first-order valence-electron chi connectivity index (χ1n) is 8.46. The van der Waals surface area contributed by atoms with Gasteiger partial charge >= 0.3 is 5.97 Å². The zero-order valence-corrected chi connectivity index (χ0v) is 16.2. The van der Waals surface area contributed by atoms with Crippen LogP contribution < -0.4 is 0 Å². The van der Waals surface area contributed by atoms with Crippen molar-refractivity contribution in [2.75, 3.05) is 6.54 Å². The molecule has 1 N–H and O–H groups in total. The second kappa shape index (κ2) is 7.20. The summed E-state index contributed by atoms with van der Waals surface area (Å²) in [4.78, 5) is 13.9. The van der Waals surface area contributed by atoms with Gasteiger partial charge in [-0.3, -0.25) is 9.69 Å². The van der Waals surface area contributed by atoms with Crippen molar-refractivity contribution in [2.24, 2.45) is 0 Å². The summed E-state index contributed by atoms with van der Waals surface area (Å²) in [5, 5.41) is 13.9. The van der Waals surface area contributed by atoms with Crippen LogP contribution in [0.15, 0.2) is 47.8 Å². The van der Waals surface area contributed by atoms with Crippen molar-refractivity contribution in [3.8, 4) is 0 Å². The topological polar surface area (TPSA) is 40.5 Å². The zero-order valence-electron chi connectivity index (χ0n) is 13.9. The first kappa shape index (κ1) is 17.8. The molecule has 0 saturated carbocycles. The largest absolute Gasteiger partial charge is 0.480 e. The number of benzene rings is 2. The Balaban J connectivity index is 1.92. The Hall–Kier alpha value is -1.59. The van der Waals surface area contributed by atoms with Crippen LogP contribution in [0, 0.1) is 0 Å². The third kappa shape index (κ3) is 3.01. The third-order valence-corrected chi connectivity index (χ3v) is 6.81. The highest BCUT2D eigenvalue weighted by Crippen LogP contribution is 2.43. The van der Waals surface area contributed by atoms with Crippen molar-refractivity contribution in [1.29, 1.82) is 0 Å². The number of aliphatic carboxylic acids is 1. The number of fused-ring (bicyclic) bond motifs is 1. The standard InChI is InChI=1S/C20H17Cl2NO2S/c21-15-7-3-6-13(18(15)22)19(23-10-4-8-16(23)20(24)25)14-11-26-17-9-2-1-5-12(14)17/h1-3,5-7,9,11,16,19H,4,8,10H2,(H,24,25). The summed E-state index contributed by atoms with van der Waals surface area (Å²) in [6, 6.07) is 13.0. The second-order valence-electron chi connectivity index (χ2n) is 6.47. The summed E-state index contributed by atoms with van der Waals surface area (Å²) in [6.07, 6.45) is 1.50. The molecule has 0 aliphatic carbocycles. The van der Waals surface area contributed by atoms with Crippen molar-refractivity contribution in [3.05, 3.63) is 69.0 Å². The van der Waals surface area contributed by atoms with Gasteiger partial charge in [0.25, 0.3) is 0 Å². The van der Waals surface area contributed by atoms with E-state index in [1.54, 1.807) is 17.4 Å². The van der Waals surface area contributed by atoms with Crippen molar-refractivity contribution in [2.45, 2.75) is 24.9 Å². The van der Waals surface area contributed by atoms with E-state index in [-0.39, 0.29) is 6.04 Å². The fourth-order valence-electron chi connectivity index (χ4n) is 3.83. The van der Waals surface area contributed by atoms with E-state index in [0.29, 0.717) is 23.0 Å². The van der Waals surface area contributed by atoms with Gasteiger partial charge in [-0.1, -0.05) is 53.5 Å². The van der Waals surface area contributed by atoms with E-state index >= 15 is 0 Å². The lowest BCUT2D eigenvalue weighted by atomic mass is 9.95. The quantitative estimate of drug-likeness (QED) is 0.591. The van der Waals surface area contributed by atoms with Gasteiger partial charge in [0.2, 0.25) is 0 Å². The molecule has 26 heavy (non-hydrogen) atoms. The van der Waals surface area contributed by atoms with Crippen LogP contribution in [0.3, 0.4) is 0 Å². The van der Waals surface area contributed by atoms with Gasteiger partial charge in [0.1, 0.15) is 6.04 Å². The zero-order chi connectivity index (χ0) is 18.3. The predicted octanol–water partition coefficient (Wildman–Crippen LogP) is 5.85. The highest BCUT2D eigenvalue weighted by Gasteiger charge is 2.38. The van der Waals surface area contributed by atoms with E-state index in [9.17, 15) is 9.90 Å². The van der Waals surface area contributed by atoms with Crippen molar-refractivity contribution in [3.63, 3.8) is 0 Å². The van der Waals surface area contributed by atoms with Crippen LogP contribution in [0.5, 0.6) is 0 Å². The van der Waals surface area contributed by atoms with Gasteiger partial charge in [-0.2, -0.15) is 0 Å². The minimum absolute atomic E-state index is 0.235. The number of thiophene rings is 1. The molecule has 134 valence electrons. The number of carboxylic acids is 1. The number of carboxylic acid groups (broad SMARTS) is 1. The fraction of sp³-hybridized carbons (Fsp3) is 0.250. The Bertz CT molecular complexity index is 971. The SMILES string of the molecule is O=C(O)C1CCCN1C(c1cccc(Cl)c1Cl)c1csc2ccccc12. The van der Waals surface area contributed by atoms with Crippen LogP contribution in [-0.4, -0.2) is 28.6 Å². The minimum atomic E-state index is -0.787. The van der Waals surface area contributed by atoms with Crippen molar-refractivity contribution < 1.29 is 9.90 Å². The molecule has 0 radical (unpaired) electrons. The van der Waals surface area contributed by atoms with E-state index in [1.165, 1.54) is 4.70 Å². The number of nitrogens with zero attached hydrogens (tertiary/aromatic N) is 1. The van der Waals surface area contributed by atoms with E-state index in [0.717, 1.165) is 22.9 Å². The van der Waals surface area contributed by atoms with E-state index in [1.807, 2.05) is 29.2 Å². The van der Waals surface area contributed by atoms with E-state index < -0.39 is 12.0 Å². The van der Waals surface area contributed by atoms with Gasteiger partial charge in [0.15, 0.2) is 0 Å². The maximum absolute atomic E-state index is 11.8. The Labute approximate surface area is 165 Å². The number of hydrogen-bond donors (Lipinski definition) is 1. The molecule has 3 aromatic rings. The smallest absolute Gasteiger partial charge is 0.320 e. The first-order valence-corrected chi connectivity index (χ1v) is 10.1. The number of rotatable bonds is 4. The normalized spacial score (nSPS) is 19.1. The molecule has 6 heteroatoms. The lowest BCUT2D eigenvalue weighted by Crippen LogP contribution is -2.39. The Morgan fingerprint density at radius 1 is 1.15 bits per heavy atom. The summed E-state index contributed by atoms with van der Waals surface area (Å²) in [5.41, 5.74) is 1.94. The molecule has 1 fully saturated rings. The van der Waals surface area contributed by atoms with Crippen LogP contribution in [0.1, 0.15) is 30.0 Å². The van der Waals surface area contributed by atoms with Gasteiger partial charge in [-0.15, -0.1) is 11.3 Å². The highest BCUT2D eigenvalue weighted by molar-refractivity contribution is 7.17. The summed E-state index contributed by atoms with van der Waals surface area (Å²) in [5.74, 6) is -0.787. The average Bonchev–Trinajstić information content (AvgIpc) is 3.27. The van der Waals surface area contributed by atoms with Crippen LogP contribution in [-0.2, 0) is 4.79 Å². The monoisotopic (exact) mass is 405 g/mol. The summed E-state index contributed by atoms with van der Waals surface area (Å²) in [6.45, 7) is 0.717. The molecule has 1 aliphatic rings.